The van der Waals surface area contributed by atoms with Crippen molar-refractivity contribution < 1.29 is 23.5 Å². The van der Waals surface area contributed by atoms with Crippen LogP contribution >= 0.6 is 23.4 Å². The zero-order valence-electron chi connectivity index (χ0n) is 17.8. The van der Waals surface area contributed by atoms with Crippen molar-refractivity contribution in [2.75, 3.05) is 23.9 Å². The van der Waals surface area contributed by atoms with E-state index in [-0.39, 0.29) is 30.3 Å². The summed E-state index contributed by atoms with van der Waals surface area (Å²) in [6.07, 6.45) is 0. The quantitative estimate of drug-likeness (QED) is 0.312. The molecule has 170 valence electrons. The lowest BCUT2D eigenvalue weighted by atomic mass is 10.1. The molecule has 33 heavy (non-hydrogen) atoms. The predicted molar refractivity (Wildman–Crippen MR) is 127 cm³/mol. The molecule has 1 saturated heterocycles. The van der Waals surface area contributed by atoms with Crippen LogP contribution in [0.2, 0.25) is 5.02 Å². The van der Waals surface area contributed by atoms with Crippen LogP contribution in [0, 0.1) is 12.7 Å². The number of ether oxygens (including phenoxy) is 2. The molecule has 1 heterocycles. The summed E-state index contributed by atoms with van der Waals surface area (Å²) in [5.41, 5.74) is 2.69. The molecule has 1 amide bonds. The van der Waals surface area contributed by atoms with Crippen molar-refractivity contribution >= 4 is 40.9 Å². The highest BCUT2D eigenvalue weighted by atomic mass is 35.5. The maximum atomic E-state index is 13.3. The van der Waals surface area contributed by atoms with Gasteiger partial charge in [0.15, 0.2) is 0 Å². The lowest BCUT2D eigenvalue weighted by molar-refractivity contribution is -0.115. The van der Waals surface area contributed by atoms with E-state index in [4.69, 9.17) is 21.1 Å². The lowest BCUT2D eigenvalue weighted by Gasteiger charge is -2.26. The Morgan fingerprint density at radius 2 is 1.88 bits per heavy atom. The van der Waals surface area contributed by atoms with Crippen molar-refractivity contribution in [3.05, 3.63) is 94.3 Å². The average molecular weight is 486 g/mol. The molecule has 0 saturated carbocycles. The van der Waals surface area contributed by atoms with Gasteiger partial charge in [-0.1, -0.05) is 35.9 Å². The Kier molecular flexibility index (Phi) is 7.20. The summed E-state index contributed by atoms with van der Waals surface area (Å²) >= 11 is 7.52. The van der Waals surface area contributed by atoms with Gasteiger partial charge in [0.05, 0.1) is 16.3 Å². The minimum atomic E-state index is -0.482. The zero-order chi connectivity index (χ0) is 23.4. The van der Waals surface area contributed by atoms with E-state index in [0.717, 1.165) is 11.1 Å². The number of esters is 1. The number of anilines is 1. The molecular weight excluding hydrogens is 465 g/mol. The van der Waals surface area contributed by atoms with Gasteiger partial charge in [-0.3, -0.25) is 9.69 Å². The molecule has 0 spiro atoms. The Morgan fingerprint density at radius 3 is 2.61 bits per heavy atom. The first kappa shape index (κ1) is 23.1. The molecule has 1 atom stereocenters. The molecule has 3 aromatic carbocycles. The smallest absolute Gasteiger partial charge is 0.338 e. The highest BCUT2D eigenvalue weighted by molar-refractivity contribution is 8.00. The van der Waals surface area contributed by atoms with E-state index >= 15 is 0 Å². The number of halogens is 2. The number of hydrogen-bond donors (Lipinski definition) is 0. The topological polar surface area (TPSA) is 55.8 Å². The van der Waals surface area contributed by atoms with Crippen molar-refractivity contribution in [3.8, 4) is 5.75 Å². The maximum Gasteiger partial charge on any atom is 0.338 e. The number of aryl methyl sites for hydroxylation is 1. The zero-order valence-corrected chi connectivity index (χ0v) is 19.4. The average Bonchev–Trinajstić information content (AvgIpc) is 3.19. The van der Waals surface area contributed by atoms with Crippen molar-refractivity contribution in [2.24, 2.45) is 0 Å². The molecule has 0 bridgehead atoms. The molecule has 4 rings (SSSR count). The summed E-state index contributed by atoms with van der Waals surface area (Å²) in [7, 11) is 0. The SMILES string of the molecule is Cc1cc(C(=O)OCCOc2ccccc2Cl)ccc1N1C(=O)CSC1c1ccc(F)cc1. The molecule has 1 aliphatic heterocycles. The maximum absolute atomic E-state index is 13.3. The normalized spacial score (nSPS) is 15.5. The molecule has 5 nitrogen and oxygen atoms in total. The lowest BCUT2D eigenvalue weighted by Crippen LogP contribution is -2.28. The van der Waals surface area contributed by atoms with Crippen LogP contribution in [0.25, 0.3) is 0 Å². The third-order valence-corrected chi connectivity index (χ3v) is 6.65. The molecule has 1 unspecified atom stereocenters. The second kappa shape index (κ2) is 10.3. The standard InChI is InChI=1S/C25H21ClFNO4S/c1-16-14-18(25(30)32-13-12-31-22-5-3-2-4-20(22)26)8-11-21(16)28-23(29)15-33-24(28)17-6-9-19(27)10-7-17/h2-11,14,24H,12-13,15H2,1H3. The molecule has 1 fully saturated rings. The minimum Gasteiger partial charge on any atom is -0.488 e. The van der Waals surface area contributed by atoms with Crippen LogP contribution in [0.15, 0.2) is 66.7 Å². The van der Waals surface area contributed by atoms with Crippen molar-refractivity contribution in [3.63, 3.8) is 0 Å². The third-order valence-electron chi connectivity index (χ3n) is 5.13. The van der Waals surface area contributed by atoms with E-state index in [2.05, 4.69) is 0 Å². The van der Waals surface area contributed by atoms with E-state index < -0.39 is 5.97 Å². The first-order valence-corrected chi connectivity index (χ1v) is 11.7. The molecule has 1 aliphatic rings. The van der Waals surface area contributed by atoms with Crippen LogP contribution in [-0.2, 0) is 9.53 Å². The van der Waals surface area contributed by atoms with Gasteiger partial charge in [-0.25, -0.2) is 9.18 Å². The third kappa shape index (κ3) is 5.31. The number of para-hydroxylation sites is 1. The van der Waals surface area contributed by atoms with Crippen LogP contribution in [0.3, 0.4) is 0 Å². The Labute approximate surface area is 200 Å². The molecule has 0 N–H and O–H groups in total. The number of amides is 1. The summed E-state index contributed by atoms with van der Waals surface area (Å²) < 4.78 is 24.2. The molecule has 8 heteroatoms. The van der Waals surface area contributed by atoms with Crippen LogP contribution in [-0.4, -0.2) is 30.8 Å². The fraction of sp³-hybridized carbons (Fsp3) is 0.200. The Hall–Kier alpha value is -3.03. The fourth-order valence-corrected chi connectivity index (χ4v) is 4.90. The van der Waals surface area contributed by atoms with Crippen LogP contribution < -0.4 is 9.64 Å². The van der Waals surface area contributed by atoms with Crippen LogP contribution in [0.4, 0.5) is 10.1 Å². The summed E-state index contributed by atoms with van der Waals surface area (Å²) in [5.74, 6) is 0.0146. The second-order valence-corrected chi connectivity index (χ2v) is 8.87. The van der Waals surface area contributed by atoms with Crippen LogP contribution in [0.1, 0.15) is 26.9 Å². The monoisotopic (exact) mass is 485 g/mol. The van der Waals surface area contributed by atoms with Gasteiger partial charge in [-0.05, 0) is 60.5 Å². The van der Waals surface area contributed by atoms with Gasteiger partial charge in [0, 0.05) is 5.69 Å². The molecular formula is C25H21ClFNO4S. The number of carbonyl (C=O) groups excluding carboxylic acids is 2. The van der Waals surface area contributed by atoms with E-state index in [1.807, 2.05) is 13.0 Å². The first-order valence-electron chi connectivity index (χ1n) is 10.3. The van der Waals surface area contributed by atoms with Gasteiger partial charge in [0.1, 0.15) is 30.2 Å². The highest BCUT2D eigenvalue weighted by Crippen LogP contribution is 2.42. The number of hydrogen-bond acceptors (Lipinski definition) is 5. The van der Waals surface area contributed by atoms with Crippen molar-refractivity contribution in [1.82, 2.24) is 0 Å². The predicted octanol–water partition coefficient (Wildman–Crippen LogP) is 5.80. The Balaban J connectivity index is 1.41. The highest BCUT2D eigenvalue weighted by Gasteiger charge is 2.35. The Morgan fingerprint density at radius 1 is 1.12 bits per heavy atom. The van der Waals surface area contributed by atoms with Crippen LogP contribution in [0.5, 0.6) is 5.75 Å². The number of carbonyl (C=O) groups is 2. The van der Waals surface area contributed by atoms with E-state index in [0.29, 0.717) is 27.8 Å². The molecule has 3 aromatic rings. The molecule has 0 radical (unpaired) electrons. The van der Waals surface area contributed by atoms with E-state index in [1.165, 1.54) is 23.9 Å². The van der Waals surface area contributed by atoms with Gasteiger partial charge in [-0.15, -0.1) is 11.8 Å². The van der Waals surface area contributed by atoms with E-state index in [1.54, 1.807) is 53.4 Å². The Bertz CT molecular complexity index is 1170. The number of nitrogens with zero attached hydrogens (tertiary/aromatic N) is 1. The molecule has 0 aliphatic carbocycles. The van der Waals surface area contributed by atoms with Gasteiger partial charge >= 0.3 is 5.97 Å². The summed E-state index contributed by atoms with van der Waals surface area (Å²) in [6, 6.07) is 18.3. The van der Waals surface area contributed by atoms with Crippen molar-refractivity contribution in [1.29, 1.82) is 0 Å². The number of thioether (sulfide) groups is 1. The van der Waals surface area contributed by atoms with Gasteiger partial charge in [0.2, 0.25) is 5.91 Å². The summed E-state index contributed by atoms with van der Waals surface area (Å²) in [4.78, 5) is 26.8. The van der Waals surface area contributed by atoms with E-state index in [9.17, 15) is 14.0 Å². The summed E-state index contributed by atoms with van der Waals surface area (Å²) in [5, 5.41) is 0.236. The largest absolute Gasteiger partial charge is 0.488 e. The fourth-order valence-electron chi connectivity index (χ4n) is 3.54. The second-order valence-electron chi connectivity index (χ2n) is 7.39. The summed E-state index contributed by atoms with van der Waals surface area (Å²) in [6.45, 7) is 2.08. The first-order chi connectivity index (χ1) is 15.9. The minimum absolute atomic E-state index is 0.0375. The molecule has 0 aromatic heterocycles. The number of benzene rings is 3. The van der Waals surface area contributed by atoms with Gasteiger partial charge < -0.3 is 9.47 Å². The van der Waals surface area contributed by atoms with Gasteiger partial charge in [-0.2, -0.15) is 0 Å². The van der Waals surface area contributed by atoms with Gasteiger partial charge in [0.25, 0.3) is 0 Å². The number of rotatable bonds is 7. The van der Waals surface area contributed by atoms with Crippen molar-refractivity contribution in [2.45, 2.75) is 12.3 Å².